The van der Waals surface area contributed by atoms with Crippen LogP contribution in [0.4, 0.5) is 5.13 Å². The van der Waals surface area contributed by atoms with Gasteiger partial charge in [0.1, 0.15) is 5.75 Å². The molecule has 0 aliphatic heterocycles. The molecule has 1 N–H and O–H groups in total. The van der Waals surface area contributed by atoms with E-state index >= 15 is 0 Å². The fourth-order valence-corrected chi connectivity index (χ4v) is 4.84. The number of nitrogens with zero attached hydrogens (tertiary/aromatic N) is 2. The quantitative estimate of drug-likeness (QED) is 0.470. The van der Waals surface area contributed by atoms with E-state index in [1.807, 2.05) is 19.1 Å². The third-order valence-corrected chi connectivity index (χ3v) is 5.75. The van der Waals surface area contributed by atoms with E-state index in [2.05, 4.69) is 62.3 Å². The molecule has 2 rings (SSSR count). The number of rotatable bonds is 8. The Balaban J connectivity index is 1.87. The Morgan fingerprint density at radius 3 is 2.41 bits per heavy atom. The Labute approximate surface area is 170 Å². The van der Waals surface area contributed by atoms with Crippen molar-refractivity contribution in [2.24, 2.45) is 5.41 Å². The van der Waals surface area contributed by atoms with E-state index < -0.39 is 0 Å². The molecule has 0 bridgehead atoms. The van der Waals surface area contributed by atoms with Crippen LogP contribution < -0.4 is 10.1 Å². The van der Waals surface area contributed by atoms with Crippen molar-refractivity contribution < 1.29 is 9.53 Å². The number of amides is 1. The van der Waals surface area contributed by atoms with Crippen molar-refractivity contribution in [2.45, 2.75) is 57.7 Å². The van der Waals surface area contributed by atoms with Crippen molar-refractivity contribution in [1.82, 2.24) is 10.2 Å². The summed E-state index contributed by atoms with van der Waals surface area (Å²) in [6.07, 6.45) is 1.09. The van der Waals surface area contributed by atoms with Gasteiger partial charge in [0, 0.05) is 0 Å². The second-order valence-corrected chi connectivity index (χ2v) is 10.8. The van der Waals surface area contributed by atoms with E-state index in [9.17, 15) is 4.79 Å². The van der Waals surface area contributed by atoms with Crippen LogP contribution in [0.15, 0.2) is 28.6 Å². The minimum Gasteiger partial charge on any atom is -0.484 e. The van der Waals surface area contributed by atoms with Crippen LogP contribution in [-0.2, 0) is 10.2 Å². The number of nitrogens with one attached hydrogen (secondary N) is 1. The van der Waals surface area contributed by atoms with Crippen LogP contribution in [0, 0.1) is 5.41 Å². The van der Waals surface area contributed by atoms with Crippen LogP contribution in [0.3, 0.4) is 0 Å². The standard InChI is InChI=1S/C20H29N3O2S2/c1-7-26-18-23-22-17(27-18)21-16(24)12-25-15-10-8-14(9-11-15)20(5,6)13-19(2,3)4/h8-11H,7,12-13H2,1-6H3,(H,21,22,24). The van der Waals surface area contributed by atoms with Crippen molar-refractivity contribution in [3.05, 3.63) is 29.8 Å². The lowest BCUT2D eigenvalue weighted by atomic mass is 9.72. The molecule has 0 atom stereocenters. The first-order valence-electron chi connectivity index (χ1n) is 9.08. The van der Waals surface area contributed by atoms with Crippen LogP contribution in [0.1, 0.15) is 53.5 Å². The van der Waals surface area contributed by atoms with Crippen molar-refractivity contribution in [3.63, 3.8) is 0 Å². The van der Waals surface area contributed by atoms with Gasteiger partial charge in [0.15, 0.2) is 10.9 Å². The van der Waals surface area contributed by atoms with Gasteiger partial charge in [-0.1, -0.05) is 76.8 Å². The van der Waals surface area contributed by atoms with Crippen molar-refractivity contribution in [2.75, 3.05) is 17.7 Å². The molecule has 0 saturated heterocycles. The average Bonchev–Trinajstić information content (AvgIpc) is 2.98. The molecule has 0 radical (unpaired) electrons. The first-order valence-corrected chi connectivity index (χ1v) is 10.9. The van der Waals surface area contributed by atoms with Gasteiger partial charge in [-0.2, -0.15) is 0 Å². The Hall–Kier alpha value is -1.60. The molecule has 148 valence electrons. The van der Waals surface area contributed by atoms with E-state index in [4.69, 9.17) is 4.74 Å². The molecule has 0 unspecified atom stereocenters. The SMILES string of the molecule is CCSc1nnc(NC(=O)COc2ccc(C(C)(C)CC(C)(C)C)cc2)s1. The zero-order valence-corrected chi connectivity index (χ0v) is 18.6. The number of hydrogen-bond acceptors (Lipinski definition) is 6. The van der Waals surface area contributed by atoms with E-state index in [1.165, 1.54) is 16.9 Å². The first-order chi connectivity index (χ1) is 12.6. The molecule has 1 amide bonds. The summed E-state index contributed by atoms with van der Waals surface area (Å²) in [6.45, 7) is 13.3. The predicted octanol–water partition coefficient (Wildman–Crippen LogP) is 5.38. The molecule has 0 saturated carbocycles. The topological polar surface area (TPSA) is 64.1 Å². The lowest BCUT2D eigenvalue weighted by Crippen LogP contribution is -2.24. The molecule has 1 aromatic heterocycles. The fraction of sp³-hybridized carbons (Fsp3) is 0.550. The van der Waals surface area contributed by atoms with Gasteiger partial charge in [0.05, 0.1) is 0 Å². The normalized spacial score (nSPS) is 12.1. The van der Waals surface area contributed by atoms with E-state index in [-0.39, 0.29) is 23.3 Å². The minimum atomic E-state index is -0.240. The van der Waals surface area contributed by atoms with E-state index in [1.54, 1.807) is 11.8 Å². The molecule has 2 aromatic rings. The van der Waals surface area contributed by atoms with Gasteiger partial charge in [-0.05, 0) is 40.7 Å². The highest BCUT2D eigenvalue weighted by Gasteiger charge is 2.27. The second-order valence-electron chi connectivity index (χ2n) is 8.29. The smallest absolute Gasteiger partial charge is 0.264 e. The number of thioether (sulfide) groups is 1. The number of carbonyl (C=O) groups excluding carboxylic acids is 1. The second kappa shape index (κ2) is 9.06. The molecule has 1 aromatic carbocycles. The molecule has 1 heterocycles. The third kappa shape index (κ3) is 7.14. The Bertz CT molecular complexity index is 749. The predicted molar refractivity (Wildman–Crippen MR) is 114 cm³/mol. The summed E-state index contributed by atoms with van der Waals surface area (Å²) in [4.78, 5) is 12.0. The largest absolute Gasteiger partial charge is 0.484 e. The van der Waals surface area contributed by atoms with Gasteiger partial charge < -0.3 is 4.74 Å². The average molecular weight is 408 g/mol. The lowest BCUT2D eigenvalue weighted by molar-refractivity contribution is -0.118. The number of anilines is 1. The maximum Gasteiger partial charge on any atom is 0.264 e. The highest BCUT2D eigenvalue weighted by molar-refractivity contribution is 8.01. The van der Waals surface area contributed by atoms with Crippen LogP contribution in [0.5, 0.6) is 5.75 Å². The maximum absolute atomic E-state index is 12.0. The summed E-state index contributed by atoms with van der Waals surface area (Å²) in [5.41, 5.74) is 1.61. The van der Waals surface area contributed by atoms with Gasteiger partial charge in [-0.25, -0.2) is 0 Å². The number of benzene rings is 1. The zero-order valence-electron chi connectivity index (χ0n) is 17.0. The molecule has 0 aliphatic rings. The Morgan fingerprint density at radius 2 is 1.81 bits per heavy atom. The molecular formula is C20H29N3O2S2. The van der Waals surface area contributed by atoms with Gasteiger partial charge in [-0.15, -0.1) is 10.2 Å². The summed E-state index contributed by atoms with van der Waals surface area (Å²) < 4.78 is 6.45. The molecule has 5 nitrogen and oxygen atoms in total. The highest BCUT2D eigenvalue weighted by atomic mass is 32.2. The third-order valence-electron chi connectivity index (χ3n) is 3.90. The van der Waals surface area contributed by atoms with Gasteiger partial charge in [0.2, 0.25) is 5.13 Å². The van der Waals surface area contributed by atoms with Crippen LogP contribution in [0.2, 0.25) is 0 Å². The first kappa shape index (κ1) is 21.7. The van der Waals surface area contributed by atoms with Gasteiger partial charge >= 0.3 is 0 Å². The van der Waals surface area contributed by atoms with E-state index in [0.717, 1.165) is 16.5 Å². The van der Waals surface area contributed by atoms with Crippen LogP contribution in [-0.4, -0.2) is 28.5 Å². The summed E-state index contributed by atoms with van der Waals surface area (Å²) >= 11 is 2.97. The zero-order chi connectivity index (χ0) is 20.1. The van der Waals surface area contributed by atoms with Crippen molar-refractivity contribution in [3.8, 4) is 5.75 Å². The van der Waals surface area contributed by atoms with Crippen LogP contribution in [0.25, 0.3) is 0 Å². The molecule has 0 spiro atoms. The molecular weight excluding hydrogens is 378 g/mol. The number of hydrogen-bond donors (Lipinski definition) is 1. The maximum atomic E-state index is 12.0. The molecule has 0 fully saturated rings. The Kier molecular flexibility index (Phi) is 7.28. The number of aromatic nitrogens is 2. The highest BCUT2D eigenvalue weighted by Crippen LogP contribution is 2.36. The molecule has 7 heteroatoms. The van der Waals surface area contributed by atoms with Crippen molar-refractivity contribution >= 4 is 34.1 Å². The lowest BCUT2D eigenvalue weighted by Gasteiger charge is -2.33. The summed E-state index contributed by atoms with van der Waals surface area (Å²) in [7, 11) is 0. The molecule has 27 heavy (non-hydrogen) atoms. The fourth-order valence-electron chi connectivity index (χ4n) is 3.18. The van der Waals surface area contributed by atoms with Crippen LogP contribution >= 0.6 is 23.1 Å². The van der Waals surface area contributed by atoms with Gasteiger partial charge in [-0.3, -0.25) is 10.1 Å². The minimum absolute atomic E-state index is 0.0550. The summed E-state index contributed by atoms with van der Waals surface area (Å²) in [5, 5.41) is 11.2. The number of carbonyl (C=O) groups is 1. The monoisotopic (exact) mass is 407 g/mol. The number of ether oxygens (including phenoxy) is 1. The van der Waals surface area contributed by atoms with Crippen molar-refractivity contribution in [1.29, 1.82) is 0 Å². The van der Waals surface area contributed by atoms with E-state index in [0.29, 0.717) is 10.9 Å². The summed E-state index contributed by atoms with van der Waals surface area (Å²) in [6, 6.07) is 8.01. The molecule has 0 aliphatic carbocycles. The summed E-state index contributed by atoms with van der Waals surface area (Å²) in [5.74, 6) is 1.37. The Morgan fingerprint density at radius 1 is 1.15 bits per heavy atom. The van der Waals surface area contributed by atoms with Gasteiger partial charge in [0.25, 0.3) is 5.91 Å².